The highest BCUT2D eigenvalue weighted by Crippen LogP contribution is 2.32. The summed E-state index contributed by atoms with van der Waals surface area (Å²) < 4.78 is 5.29. The molecule has 0 amide bonds. The topological polar surface area (TPSA) is 24.5 Å². The molecule has 0 aromatic heterocycles. The summed E-state index contributed by atoms with van der Waals surface area (Å²) in [5, 5.41) is 3.68. The van der Waals surface area contributed by atoms with E-state index in [2.05, 4.69) is 17.1 Å². The summed E-state index contributed by atoms with van der Waals surface area (Å²) in [7, 11) is 1.81. The smallest absolute Gasteiger partial charge is 0.0618 e. The molecule has 0 radical (unpaired) electrons. The number of rotatable bonds is 8. The zero-order chi connectivity index (χ0) is 12.8. The normalized spacial score (nSPS) is 24.3. The van der Waals surface area contributed by atoms with Crippen LogP contribution in [0.3, 0.4) is 0 Å². The fourth-order valence-corrected chi connectivity index (χ4v) is 2.92. The van der Waals surface area contributed by atoms with Crippen LogP contribution in [-0.2, 0) is 4.74 Å². The maximum atomic E-state index is 5.29. The van der Waals surface area contributed by atoms with Crippen LogP contribution < -0.4 is 5.32 Å². The van der Waals surface area contributed by atoms with Crippen LogP contribution in [0, 0.1) is 11.8 Å². The van der Waals surface area contributed by atoms with Gasteiger partial charge in [-0.3, -0.25) is 0 Å². The van der Waals surface area contributed by atoms with Crippen molar-refractivity contribution in [1.82, 2.24) is 10.2 Å². The van der Waals surface area contributed by atoms with E-state index in [1.807, 2.05) is 7.11 Å². The van der Waals surface area contributed by atoms with E-state index < -0.39 is 0 Å². The summed E-state index contributed by atoms with van der Waals surface area (Å²) in [4.78, 5) is 2.63. The Kier molecular flexibility index (Phi) is 5.93. The molecule has 3 nitrogen and oxygen atoms in total. The van der Waals surface area contributed by atoms with Crippen molar-refractivity contribution in [2.45, 2.75) is 45.1 Å². The van der Waals surface area contributed by atoms with E-state index in [0.717, 1.165) is 25.0 Å². The van der Waals surface area contributed by atoms with Gasteiger partial charge in [-0.05, 0) is 70.1 Å². The first-order valence-corrected chi connectivity index (χ1v) is 7.74. The number of hydrogen-bond acceptors (Lipinski definition) is 3. The van der Waals surface area contributed by atoms with Gasteiger partial charge in [0.2, 0.25) is 0 Å². The second-order valence-corrected chi connectivity index (χ2v) is 6.23. The molecule has 1 N–H and O–H groups in total. The Morgan fingerprint density at radius 1 is 1.22 bits per heavy atom. The maximum Gasteiger partial charge on any atom is 0.0618 e. The maximum absolute atomic E-state index is 5.29. The summed E-state index contributed by atoms with van der Waals surface area (Å²) in [6.07, 6.45) is 6.85. The van der Waals surface area contributed by atoms with E-state index in [1.54, 1.807) is 0 Å². The molecule has 1 aliphatic carbocycles. The Morgan fingerprint density at radius 2 is 1.94 bits per heavy atom. The van der Waals surface area contributed by atoms with E-state index >= 15 is 0 Å². The largest absolute Gasteiger partial charge is 0.383 e. The Bertz CT molecular complexity index is 223. The fraction of sp³-hybridized carbons (Fsp3) is 1.00. The number of ether oxygens (including phenoxy) is 1. The van der Waals surface area contributed by atoms with Crippen LogP contribution >= 0.6 is 0 Å². The molecular weight excluding hydrogens is 224 g/mol. The average Bonchev–Trinajstić information content (AvgIpc) is 3.19. The van der Waals surface area contributed by atoms with Crippen LogP contribution in [0.2, 0.25) is 0 Å². The molecule has 106 valence electrons. The molecule has 2 rings (SSSR count). The summed E-state index contributed by atoms with van der Waals surface area (Å²) in [6, 6.07) is 0.608. The Labute approximate surface area is 112 Å². The Morgan fingerprint density at radius 3 is 2.56 bits per heavy atom. The lowest BCUT2D eigenvalue weighted by atomic mass is 9.99. The quantitative estimate of drug-likeness (QED) is 0.672. The van der Waals surface area contributed by atoms with Gasteiger partial charge in [-0.1, -0.05) is 6.92 Å². The van der Waals surface area contributed by atoms with Crippen molar-refractivity contribution in [3.63, 3.8) is 0 Å². The minimum Gasteiger partial charge on any atom is -0.383 e. The van der Waals surface area contributed by atoms with Crippen molar-refractivity contribution in [3.8, 4) is 0 Å². The third-order valence-corrected chi connectivity index (χ3v) is 4.47. The van der Waals surface area contributed by atoms with E-state index in [-0.39, 0.29) is 0 Å². The minimum atomic E-state index is 0.608. The molecule has 1 saturated carbocycles. The zero-order valence-electron chi connectivity index (χ0n) is 12.2. The highest BCUT2D eigenvalue weighted by atomic mass is 16.5. The molecule has 1 saturated heterocycles. The molecule has 18 heavy (non-hydrogen) atoms. The van der Waals surface area contributed by atoms with Crippen LogP contribution in [0.5, 0.6) is 0 Å². The summed E-state index contributed by atoms with van der Waals surface area (Å²) in [5.74, 6) is 1.83. The predicted octanol–water partition coefficient (Wildman–Crippen LogP) is 2.12. The fourth-order valence-electron chi connectivity index (χ4n) is 2.92. The van der Waals surface area contributed by atoms with Gasteiger partial charge in [-0.2, -0.15) is 0 Å². The van der Waals surface area contributed by atoms with Crippen molar-refractivity contribution in [2.75, 3.05) is 39.9 Å². The highest BCUT2D eigenvalue weighted by Gasteiger charge is 2.30. The summed E-state index contributed by atoms with van der Waals surface area (Å²) >= 11 is 0. The lowest BCUT2D eigenvalue weighted by Crippen LogP contribution is -2.38. The third kappa shape index (κ3) is 4.87. The average molecular weight is 254 g/mol. The molecule has 0 spiro atoms. The van der Waals surface area contributed by atoms with Crippen LogP contribution in [-0.4, -0.2) is 50.8 Å². The number of hydrogen-bond donors (Lipinski definition) is 1. The van der Waals surface area contributed by atoms with E-state index in [9.17, 15) is 0 Å². The summed E-state index contributed by atoms with van der Waals surface area (Å²) in [6.45, 7) is 8.30. The lowest BCUT2D eigenvalue weighted by Gasteiger charge is -2.30. The van der Waals surface area contributed by atoms with Gasteiger partial charge in [-0.15, -0.1) is 0 Å². The molecule has 2 aliphatic rings. The number of likely N-dealkylation sites (tertiary alicyclic amines) is 1. The zero-order valence-corrected chi connectivity index (χ0v) is 12.2. The lowest BCUT2D eigenvalue weighted by molar-refractivity contribution is 0.154. The van der Waals surface area contributed by atoms with Crippen molar-refractivity contribution in [3.05, 3.63) is 0 Å². The van der Waals surface area contributed by atoms with Crippen LogP contribution in [0.25, 0.3) is 0 Å². The molecule has 0 aromatic rings. The van der Waals surface area contributed by atoms with Crippen molar-refractivity contribution in [1.29, 1.82) is 0 Å². The molecule has 0 aromatic carbocycles. The van der Waals surface area contributed by atoms with Gasteiger partial charge in [0.1, 0.15) is 0 Å². The first-order valence-electron chi connectivity index (χ1n) is 7.74. The first kappa shape index (κ1) is 14.3. The van der Waals surface area contributed by atoms with Gasteiger partial charge in [0.15, 0.2) is 0 Å². The van der Waals surface area contributed by atoms with Gasteiger partial charge >= 0.3 is 0 Å². The van der Waals surface area contributed by atoms with E-state index in [1.165, 1.54) is 51.7 Å². The molecular formula is C15H30N2O. The van der Waals surface area contributed by atoms with Crippen molar-refractivity contribution in [2.24, 2.45) is 11.8 Å². The standard InChI is InChI=1S/C15H30N2O/c1-13-6-10-17(11-7-13)9-3-8-16-15(12-18-2)14-4-5-14/h13-16H,3-12H2,1-2H3. The van der Waals surface area contributed by atoms with Crippen LogP contribution in [0.1, 0.15) is 39.0 Å². The highest BCUT2D eigenvalue weighted by molar-refractivity contribution is 4.86. The molecule has 3 heteroatoms. The van der Waals surface area contributed by atoms with E-state index in [4.69, 9.17) is 4.74 Å². The number of piperidine rings is 1. The monoisotopic (exact) mass is 254 g/mol. The van der Waals surface area contributed by atoms with Crippen LogP contribution in [0.15, 0.2) is 0 Å². The van der Waals surface area contributed by atoms with Gasteiger partial charge in [0, 0.05) is 13.2 Å². The molecule has 1 atom stereocenters. The van der Waals surface area contributed by atoms with Crippen LogP contribution in [0.4, 0.5) is 0 Å². The van der Waals surface area contributed by atoms with Crippen molar-refractivity contribution < 1.29 is 4.74 Å². The second-order valence-electron chi connectivity index (χ2n) is 6.23. The number of nitrogens with one attached hydrogen (secondary N) is 1. The third-order valence-electron chi connectivity index (χ3n) is 4.47. The second kappa shape index (κ2) is 7.46. The number of methoxy groups -OCH3 is 1. The van der Waals surface area contributed by atoms with Gasteiger partial charge in [0.05, 0.1) is 6.61 Å². The van der Waals surface area contributed by atoms with Gasteiger partial charge in [-0.25, -0.2) is 0 Å². The van der Waals surface area contributed by atoms with Gasteiger partial charge in [0.25, 0.3) is 0 Å². The molecule has 1 aliphatic heterocycles. The summed E-state index contributed by atoms with van der Waals surface area (Å²) in [5.41, 5.74) is 0. The SMILES string of the molecule is COCC(NCCCN1CCC(C)CC1)C1CC1. The first-order chi connectivity index (χ1) is 8.79. The molecule has 2 fully saturated rings. The molecule has 1 heterocycles. The Balaban J connectivity index is 1.52. The minimum absolute atomic E-state index is 0.608. The van der Waals surface area contributed by atoms with Crippen molar-refractivity contribution >= 4 is 0 Å². The molecule has 0 bridgehead atoms. The van der Waals surface area contributed by atoms with E-state index in [0.29, 0.717) is 6.04 Å². The van der Waals surface area contributed by atoms with Gasteiger partial charge < -0.3 is 15.0 Å². The number of nitrogens with zero attached hydrogens (tertiary/aromatic N) is 1. The molecule has 1 unspecified atom stereocenters. The predicted molar refractivity (Wildman–Crippen MR) is 75.8 cm³/mol. The Hall–Kier alpha value is -0.120.